The Balaban J connectivity index is 2.52. The normalized spacial score (nSPS) is 13.4. The molecule has 0 bridgehead atoms. The second kappa shape index (κ2) is 9.04. The number of carbonyl (C=O) groups is 1. The number of benzene rings is 1. The van der Waals surface area contributed by atoms with Gasteiger partial charge in [-0.2, -0.15) is 13.2 Å². The van der Waals surface area contributed by atoms with Gasteiger partial charge in [0, 0.05) is 28.0 Å². The van der Waals surface area contributed by atoms with E-state index in [9.17, 15) is 22.5 Å². The molecule has 1 aromatic heterocycles. The average Bonchev–Trinajstić information content (AvgIpc) is 2.60. The summed E-state index contributed by atoms with van der Waals surface area (Å²) in [6.45, 7) is 4.81. The third-order valence-corrected chi connectivity index (χ3v) is 6.73. The monoisotopic (exact) mass is 450 g/mol. The maximum atomic E-state index is 13.6. The van der Waals surface area contributed by atoms with Crippen molar-refractivity contribution in [2.24, 2.45) is 0 Å². The highest BCUT2D eigenvalue weighted by molar-refractivity contribution is 7.99. The smallest absolute Gasteiger partial charge is 0.416 e. The van der Waals surface area contributed by atoms with Gasteiger partial charge in [0.2, 0.25) is 0 Å². The molecule has 0 aliphatic rings. The number of carbonyl (C=O) groups excluding carboxylic acids is 1. The van der Waals surface area contributed by atoms with Crippen LogP contribution in [0.2, 0.25) is 5.02 Å². The van der Waals surface area contributed by atoms with Gasteiger partial charge < -0.3 is 4.55 Å². The molecule has 1 heterocycles. The number of hydrogen-bond donors (Lipinski definition) is 1. The van der Waals surface area contributed by atoms with Crippen molar-refractivity contribution in [3.05, 3.63) is 52.2 Å². The minimum atomic E-state index is -4.63. The number of pyridine rings is 1. The fraction of sp³-hybridized carbons (Fsp3) is 0.333. The van der Waals surface area contributed by atoms with Gasteiger partial charge >= 0.3 is 6.18 Å². The van der Waals surface area contributed by atoms with Crippen LogP contribution in [-0.4, -0.2) is 20.6 Å². The van der Waals surface area contributed by atoms with Crippen LogP contribution in [0.25, 0.3) is 0 Å². The topological polar surface area (TPSA) is 65.0 Å². The van der Waals surface area contributed by atoms with Gasteiger partial charge in [-0.05, 0) is 50.6 Å². The van der Waals surface area contributed by atoms with Gasteiger partial charge in [0.15, 0.2) is 6.29 Å². The number of aldehydes is 1. The van der Waals surface area contributed by atoms with Crippen molar-refractivity contribution >= 4 is 41.0 Å². The van der Waals surface area contributed by atoms with E-state index >= 15 is 0 Å². The summed E-state index contributed by atoms with van der Waals surface area (Å²) in [5, 5.41) is 0.316. The summed E-state index contributed by atoms with van der Waals surface area (Å²) in [4.78, 5) is 15.4. The molecule has 152 valence electrons. The molecule has 2 aromatic rings. The molecule has 10 heteroatoms. The van der Waals surface area contributed by atoms with Crippen LogP contribution in [0.4, 0.5) is 13.2 Å². The molecule has 0 fully saturated rings. The van der Waals surface area contributed by atoms with Gasteiger partial charge in [0.05, 0.1) is 17.1 Å². The molecular formula is C18H18ClF3N2O2S2. The van der Waals surface area contributed by atoms with Gasteiger partial charge in [-0.1, -0.05) is 23.4 Å². The lowest BCUT2D eigenvalue weighted by Crippen LogP contribution is -2.39. The summed E-state index contributed by atoms with van der Waals surface area (Å²) in [6, 6.07) is 5.11. The number of aromatic nitrogens is 1. The molecule has 28 heavy (non-hydrogen) atoms. The molecule has 0 saturated heterocycles. The lowest BCUT2D eigenvalue weighted by Gasteiger charge is -2.25. The van der Waals surface area contributed by atoms with Crippen molar-refractivity contribution in [3.63, 3.8) is 0 Å². The van der Waals surface area contributed by atoms with Crippen molar-refractivity contribution < 1.29 is 22.5 Å². The van der Waals surface area contributed by atoms with E-state index < -0.39 is 27.8 Å². The van der Waals surface area contributed by atoms with Crippen LogP contribution in [0.3, 0.4) is 0 Å². The highest BCUT2D eigenvalue weighted by atomic mass is 35.5. The molecule has 1 unspecified atom stereocenters. The van der Waals surface area contributed by atoms with Crippen LogP contribution in [0.15, 0.2) is 40.4 Å². The van der Waals surface area contributed by atoms with Crippen LogP contribution in [0, 0.1) is 0 Å². The Kier molecular flexibility index (Phi) is 7.44. The van der Waals surface area contributed by atoms with Crippen LogP contribution < -0.4 is 4.72 Å². The average molecular weight is 451 g/mol. The van der Waals surface area contributed by atoms with Crippen LogP contribution in [0.1, 0.15) is 42.3 Å². The summed E-state index contributed by atoms with van der Waals surface area (Å²) in [7, 11) is 0. The predicted octanol–water partition coefficient (Wildman–Crippen LogP) is 5.27. The van der Waals surface area contributed by atoms with Crippen LogP contribution in [0.5, 0.6) is 0 Å². The summed E-state index contributed by atoms with van der Waals surface area (Å²) in [5.41, 5.74) is -0.801. The van der Waals surface area contributed by atoms with Crippen LogP contribution in [-0.2, 0) is 24.1 Å². The third-order valence-electron chi connectivity index (χ3n) is 3.58. The first kappa shape index (κ1) is 23.0. The van der Waals surface area contributed by atoms with Gasteiger partial charge in [0.25, 0.3) is 0 Å². The molecule has 0 saturated carbocycles. The van der Waals surface area contributed by atoms with E-state index in [1.165, 1.54) is 12.3 Å². The highest BCUT2D eigenvalue weighted by Gasteiger charge is 2.36. The van der Waals surface area contributed by atoms with Crippen molar-refractivity contribution in [3.8, 4) is 0 Å². The maximum Gasteiger partial charge on any atom is 0.416 e. The van der Waals surface area contributed by atoms with E-state index in [0.717, 1.165) is 23.9 Å². The van der Waals surface area contributed by atoms with Crippen molar-refractivity contribution in [2.75, 3.05) is 0 Å². The molecule has 0 aliphatic heterocycles. The van der Waals surface area contributed by atoms with Crippen molar-refractivity contribution in [2.45, 2.75) is 48.2 Å². The highest BCUT2D eigenvalue weighted by Crippen LogP contribution is 2.42. The summed E-state index contributed by atoms with van der Waals surface area (Å²) >= 11 is 5.48. The van der Waals surface area contributed by atoms with Gasteiger partial charge in [0.1, 0.15) is 9.77 Å². The Labute approximate surface area is 173 Å². The molecule has 1 atom stereocenters. The van der Waals surface area contributed by atoms with E-state index in [0.29, 0.717) is 6.29 Å². The molecule has 0 amide bonds. The minimum absolute atomic E-state index is 0.0823. The molecule has 0 aliphatic carbocycles. The molecule has 4 nitrogen and oxygen atoms in total. The summed E-state index contributed by atoms with van der Waals surface area (Å²) in [6.07, 6.45) is -2.62. The fourth-order valence-electron chi connectivity index (χ4n) is 2.18. The zero-order chi connectivity index (χ0) is 21.1. The Morgan fingerprint density at radius 1 is 1.29 bits per heavy atom. The molecular weight excluding hydrogens is 433 g/mol. The first-order valence-electron chi connectivity index (χ1n) is 8.07. The number of alkyl halides is 3. The Bertz CT molecular complexity index is 858. The SMILES string of the molecule is CC(C)(C)[S+]([O-])NCc1c(C(F)(F)F)ccc(Cl)c1Sc1ncccc1C=O. The molecule has 1 aromatic carbocycles. The Morgan fingerprint density at radius 3 is 2.54 bits per heavy atom. The maximum absolute atomic E-state index is 13.6. The second-order valence-electron chi connectivity index (χ2n) is 6.72. The van der Waals surface area contributed by atoms with E-state index in [1.54, 1.807) is 26.8 Å². The lowest BCUT2D eigenvalue weighted by molar-refractivity contribution is -0.138. The van der Waals surface area contributed by atoms with Gasteiger partial charge in [-0.15, -0.1) is 4.72 Å². The number of halogens is 4. The first-order valence-corrected chi connectivity index (χ1v) is 10.4. The molecule has 0 radical (unpaired) electrons. The second-order valence-corrected chi connectivity index (χ2v) is 10.2. The quantitative estimate of drug-likeness (QED) is 0.479. The predicted molar refractivity (Wildman–Crippen MR) is 105 cm³/mol. The number of hydrogen-bond acceptors (Lipinski definition) is 5. The van der Waals surface area contributed by atoms with Crippen molar-refractivity contribution in [1.29, 1.82) is 0 Å². The summed E-state index contributed by atoms with van der Waals surface area (Å²) < 4.78 is 55.0. The molecule has 2 rings (SSSR count). The zero-order valence-corrected chi connectivity index (χ0v) is 17.7. The summed E-state index contributed by atoms with van der Waals surface area (Å²) in [5.74, 6) is 0. The number of nitrogens with zero attached hydrogens (tertiary/aromatic N) is 1. The van der Waals surface area contributed by atoms with E-state index in [2.05, 4.69) is 9.71 Å². The zero-order valence-electron chi connectivity index (χ0n) is 15.3. The molecule has 0 spiro atoms. The van der Waals surface area contributed by atoms with Gasteiger partial charge in [-0.25, -0.2) is 4.98 Å². The fourth-order valence-corrected chi connectivity index (χ4v) is 4.19. The van der Waals surface area contributed by atoms with E-state index in [1.807, 2.05) is 0 Å². The van der Waals surface area contributed by atoms with E-state index in [4.69, 9.17) is 11.6 Å². The number of rotatable bonds is 6. The van der Waals surface area contributed by atoms with Crippen LogP contribution >= 0.6 is 23.4 Å². The van der Waals surface area contributed by atoms with Gasteiger partial charge in [-0.3, -0.25) is 4.79 Å². The minimum Gasteiger partial charge on any atom is -0.598 e. The third kappa shape index (κ3) is 5.64. The van der Waals surface area contributed by atoms with E-state index in [-0.39, 0.29) is 32.6 Å². The first-order chi connectivity index (χ1) is 12.9. The largest absolute Gasteiger partial charge is 0.598 e. The molecule has 1 N–H and O–H groups in total. The number of nitrogens with one attached hydrogen (secondary N) is 1. The van der Waals surface area contributed by atoms with Crippen molar-refractivity contribution in [1.82, 2.24) is 9.71 Å². The lowest BCUT2D eigenvalue weighted by atomic mass is 10.1. The standard InChI is InChI=1S/C18H18ClF3N2O2S2/c1-17(2,3)28(26)24-9-12-13(18(20,21)22)6-7-14(19)15(12)27-16-11(10-25)5-4-8-23-16/h4-8,10,24H,9H2,1-3H3. The Hall–Kier alpha value is -1.26. The Morgan fingerprint density at radius 2 is 1.96 bits per heavy atom.